The number of carboxylic acid groups (broad SMARTS) is 1. The predicted octanol–water partition coefficient (Wildman–Crippen LogP) is -1.04. The number of aliphatic hydroxyl groups is 1. The number of carboxylic acids is 1. The summed E-state index contributed by atoms with van der Waals surface area (Å²) in [5, 5.41) is 26.2. The van der Waals surface area contributed by atoms with E-state index >= 15 is 0 Å². The van der Waals surface area contributed by atoms with Gasteiger partial charge in [-0.15, -0.1) is 0 Å². The maximum Gasteiger partial charge on any atom is 0.327 e. The monoisotopic (exact) mass is 466 g/mol. The largest absolute Gasteiger partial charge is 0.480 e. The van der Waals surface area contributed by atoms with Crippen LogP contribution in [-0.4, -0.2) is 81.9 Å². The highest BCUT2D eigenvalue weighted by molar-refractivity contribution is 7.98. The van der Waals surface area contributed by atoms with Crippen molar-refractivity contribution in [1.82, 2.24) is 16.0 Å². The summed E-state index contributed by atoms with van der Waals surface area (Å²) < 4.78 is 0. The smallest absolute Gasteiger partial charge is 0.327 e. The van der Waals surface area contributed by atoms with E-state index in [-0.39, 0.29) is 18.1 Å². The van der Waals surface area contributed by atoms with Gasteiger partial charge in [0.25, 0.3) is 0 Å². The zero-order valence-corrected chi connectivity index (χ0v) is 19.5. The molecule has 12 heteroatoms. The van der Waals surface area contributed by atoms with E-state index in [9.17, 15) is 24.3 Å². The Balaban J connectivity index is 5.33. The highest BCUT2D eigenvalue weighted by Crippen LogP contribution is 2.08. The Bertz CT molecular complexity index is 593. The van der Waals surface area contributed by atoms with Crippen LogP contribution in [0.3, 0.4) is 0 Å². The van der Waals surface area contributed by atoms with Gasteiger partial charge in [0.05, 0.1) is 12.1 Å². The molecule has 0 aromatic rings. The minimum Gasteiger partial charge on any atom is -0.480 e. The van der Waals surface area contributed by atoms with E-state index in [0.717, 1.165) is 0 Å². The van der Waals surface area contributed by atoms with E-state index in [1.54, 1.807) is 0 Å². The molecule has 0 fully saturated rings. The van der Waals surface area contributed by atoms with Crippen LogP contribution >= 0.6 is 24.4 Å². The third kappa shape index (κ3) is 9.54. The van der Waals surface area contributed by atoms with Crippen LogP contribution in [0.2, 0.25) is 0 Å². The van der Waals surface area contributed by atoms with Crippen LogP contribution in [0.25, 0.3) is 0 Å². The molecular weight excluding hydrogens is 432 g/mol. The average Bonchev–Trinajstić information content (AvgIpc) is 2.70. The predicted molar refractivity (Wildman–Crippen MR) is 119 cm³/mol. The maximum atomic E-state index is 12.8. The molecule has 6 unspecified atom stereocenters. The number of nitrogens with two attached hydrogens (primary N) is 1. The van der Waals surface area contributed by atoms with Gasteiger partial charge in [-0.3, -0.25) is 14.4 Å². The van der Waals surface area contributed by atoms with Crippen molar-refractivity contribution >= 4 is 48.1 Å². The molecule has 0 radical (unpaired) electrons. The lowest BCUT2D eigenvalue weighted by molar-refractivity contribution is -0.142. The second-order valence-corrected chi connectivity index (χ2v) is 8.41. The number of rotatable bonds is 14. The van der Waals surface area contributed by atoms with Crippen molar-refractivity contribution in [2.24, 2.45) is 11.7 Å². The first-order valence-electron chi connectivity index (χ1n) is 9.67. The van der Waals surface area contributed by atoms with Gasteiger partial charge in [-0.25, -0.2) is 4.79 Å². The fourth-order valence-electron chi connectivity index (χ4n) is 2.39. The van der Waals surface area contributed by atoms with Gasteiger partial charge in [0.2, 0.25) is 17.7 Å². The third-order valence-corrected chi connectivity index (χ3v) is 5.67. The van der Waals surface area contributed by atoms with Crippen molar-refractivity contribution in [3.8, 4) is 0 Å². The number of nitrogens with one attached hydrogen (secondary N) is 3. The molecule has 0 saturated heterocycles. The number of hydrogen-bond acceptors (Lipinski definition) is 8. The van der Waals surface area contributed by atoms with Crippen LogP contribution in [0.15, 0.2) is 0 Å². The van der Waals surface area contributed by atoms with Gasteiger partial charge in [0.15, 0.2) is 0 Å². The molecule has 0 bridgehead atoms. The molecule has 0 aliphatic rings. The number of amides is 3. The molecule has 0 aromatic heterocycles. The zero-order valence-electron chi connectivity index (χ0n) is 17.8. The van der Waals surface area contributed by atoms with E-state index in [4.69, 9.17) is 10.8 Å². The van der Waals surface area contributed by atoms with Gasteiger partial charge in [0, 0.05) is 5.75 Å². The van der Waals surface area contributed by atoms with E-state index in [2.05, 4.69) is 28.6 Å². The summed E-state index contributed by atoms with van der Waals surface area (Å²) in [6.07, 6.45) is 1.52. The number of carbonyl (C=O) groups is 4. The quantitative estimate of drug-likeness (QED) is 0.159. The summed E-state index contributed by atoms with van der Waals surface area (Å²) in [5.41, 5.74) is 5.93. The van der Waals surface area contributed by atoms with Crippen molar-refractivity contribution in [1.29, 1.82) is 0 Å². The lowest BCUT2D eigenvalue weighted by atomic mass is 9.99. The highest BCUT2D eigenvalue weighted by atomic mass is 32.2. The molecule has 30 heavy (non-hydrogen) atoms. The van der Waals surface area contributed by atoms with E-state index in [1.165, 1.54) is 18.7 Å². The van der Waals surface area contributed by atoms with E-state index in [0.29, 0.717) is 12.2 Å². The third-order valence-electron chi connectivity index (χ3n) is 4.66. The first-order valence-corrected chi connectivity index (χ1v) is 11.7. The fourth-order valence-corrected chi connectivity index (χ4v) is 3.11. The summed E-state index contributed by atoms with van der Waals surface area (Å²) in [6.45, 7) is 5.02. The lowest BCUT2D eigenvalue weighted by Gasteiger charge is -2.27. The van der Waals surface area contributed by atoms with Crippen molar-refractivity contribution in [2.75, 3.05) is 17.8 Å². The van der Waals surface area contributed by atoms with Gasteiger partial charge in [-0.1, -0.05) is 20.3 Å². The minimum atomic E-state index is -1.41. The standard InChI is InChI=1S/C18H34N4O6S2/c1-5-9(2)13(19)16(25)20-11(6-7-30-4)15(24)22-14(10(3)23)17(26)21-12(8-29)18(27)28/h9-14,23,29H,5-8,19H2,1-4H3,(H,20,25)(H,21,26)(H,22,24)(H,27,28). The maximum absolute atomic E-state index is 12.8. The molecule has 0 aliphatic carbocycles. The Morgan fingerprint density at radius 1 is 1.03 bits per heavy atom. The SMILES string of the molecule is CCC(C)C(N)C(=O)NC(CCSC)C(=O)NC(C(=O)NC(CS)C(=O)O)C(C)O. The van der Waals surface area contributed by atoms with Crippen molar-refractivity contribution in [3.63, 3.8) is 0 Å². The highest BCUT2D eigenvalue weighted by Gasteiger charge is 2.32. The molecule has 7 N–H and O–H groups in total. The summed E-state index contributed by atoms with van der Waals surface area (Å²) in [7, 11) is 0. The molecule has 0 spiro atoms. The number of aliphatic hydroxyl groups excluding tert-OH is 1. The van der Waals surface area contributed by atoms with E-state index < -0.39 is 54.0 Å². The number of thioether (sulfide) groups is 1. The fraction of sp³-hybridized carbons (Fsp3) is 0.778. The molecule has 3 amide bonds. The molecule has 0 saturated carbocycles. The first kappa shape index (κ1) is 28.5. The molecule has 10 nitrogen and oxygen atoms in total. The second-order valence-electron chi connectivity index (χ2n) is 7.06. The van der Waals surface area contributed by atoms with Crippen molar-refractivity contribution < 1.29 is 29.4 Å². The topological polar surface area (TPSA) is 171 Å². The Labute approximate surface area is 186 Å². The summed E-state index contributed by atoms with van der Waals surface area (Å²) in [6, 6.07) is -4.44. The van der Waals surface area contributed by atoms with Crippen LogP contribution in [-0.2, 0) is 19.2 Å². The Kier molecular flexibility index (Phi) is 13.8. The van der Waals surface area contributed by atoms with Crippen LogP contribution in [0.1, 0.15) is 33.6 Å². The minimum absolute atomic E-state index is 0.0839. The number of aliphatic carboxylic acids is 1. The van der Waals surface area contributed by atoms with Gasteiger partial charge in [0.1, 0.15) is 18.1 Å². The Hall–Kier alpha value is -1.50. The van der Waals surface area contributed by atoms with Gasteiger partial charge in [-0.05, 0) is 31.3 Å². The van der Waals surface area contributed by atoms with E-state index in [1.807, 2.05) is 20.1 Å². The lowest BCUT2D eigenvalue weighted by Crippen LogP contribution is -2.60. The summed E-state index contributed by atoms with van der Waals surface area (Å²) in [5.74, 6) is -3.01. The van der Waals surface area contributed by atoms with Gasteiger partial charge < -0.3 is 31.9 Å². The summed E-state index contributed by atoms with van der Waals surface area (Å²) >= 11 is 5.34. The van der Waals surface area contributed by atoms with Crippen LogP contribution < -0.4 is 21.7 Å². The zero-order chi connectivity index (χ0) is 23.4. The molecule has 6 atom stereocenters. The van der Waals surface area contributed by atoms with Crippen LogP contribution in [0.5, 0.6) is 0 Å². The second kappa shape index (κ2) is 14.5. The van der Waals surface area contributed by atoms with Crippen LogP contribution in [0, 0.1) is 5.92 Å². The molecule has 0 rings (SSSR count). The number of carbonyl (C=O) groups excluding carboxylic acids is 3. The Morgan fingerprint density at radius 2 is 1.60 bits per heavy atom. The van der Waals surface area contributed by atoms with Gasteiger partial charge >= 0.3 is 5.97 Å². The molecule has 0 heterocycles. The molecule has 174 valence electrons. The molecule has 0 aliphatic heterocycles. The van der Waals surface area contributed by atoms with Crippen molar-refractivity contribution in [2.45, 2.75) is 63.9 Å². The van der Waals surface area contributed by atoms with Crippen LogP contribution in [0.4, 0.5) is 0 Å². The molecular formula is C18H34N4O6S2. The number of hydrogen-bond donors (Lipinski definition) is 7. The summed E-state index contributed by atoms with van der Waals surface area (Å²) in [4.78, 5) is 48.7. The van der Waals surface area contributed by atoms with Gasteiger partial charge in [-0.2, -0.15) is 24.4 Å². The number of thiol groups is 1. The Morgan fingerprint density at radius 3 is 2.03 bits per heavy atom. The normalized spacial score (nSPS) is 17.0. The first-order chi connectivity index (χ1) is 14.0. The average molecular weight is 467 g/mol. The molecule has 0 aromatic carbocycles. The van der Waals surface area contributed by atoms with Crippen molar-refractivity contribution in [3.05, 3.63) is 0 Å².